The van der Waals surface area contributed by atoms with Gasteiger partial charge in [0.05, 0.1) is 6.17 Å². The van der Waals surface area contributed by atoms with E-state index in [4.69, 9.17) is 5.73 Å². The molecule has 0 aliphatic rings. The van der Waals surface area contributed by atoms with Crippen molar-refractivity contribution in [1.29, 1.82) is 0 Å². The standard InChI is InChI=1S/C6H14N2/c1-3-5-6(7)8-4-2/h4,6H,3,5,7H2,1-2H3/b8-4-. The fourth-order valence-electron chi connectivity index (χ4n) is 0.562. The zero-order chi connectivity index (χ0) is 6.41. The lowest BCUT2D eigenvalue weighted by Crippen LogP contribution is -2.15. The second kappa shape index (κ2) is 4.78. The minimum Gasteiger partial charge on any atom is -0.310 e. The van der Waals surface area contributed by atoms with E-state index in [9.17, 15) is 0 Å². The number of nitrogens with zero attached hydrogens (tertiary/aromatic N) is 1. The van der Waals surface area contributed by atoms with Gasteiger partial charge in [0.1, 0.15) is 0 Å². The van der Waals surface area contributed by atoms with Gasteiger partial charge in [0.15, 0.2) is 0 Å². The van der Waals surface area contributed by atoms with Crippen LogP contribution >= 0.6 is 0 Å². The van der Waals surface area contributed by atoms with Crippen LogP contribution in [-0.4, -0.2) is 12.4 Å². The van der Waals surface area contributed by atoms with Gasteiger partial charge in [0.25, 0.3) is 0 Å². The molecule has 2 nitrogen and oxygen atoms in total. The molecule has 0 saturated heterocycles. The number of hydrogen-bond donors (Lipinski definition) is 1. The van der Waals surface area contributed by atoms with Crippen molar-refractivity contribution in [1.82, 2.24) is 0 Å². The van der Waals surface area contributed by atoms with Crippen LogP contribution < -0.4 is 5.73 Å². The van der Waals surface area contributed by atoms with Crippen molar-refractivity contribution in [3.05, 3.63) is 0 Å². The lowest BCUT2D eigenvalue weighted by molar-refractivity contribution is 0.631. The maximum Gasteiger partial charge on any atom is 0.0965 e. The van der Waals surface area contributed by atoms with Crippen LogP contribution in [0.25, 0.3) is 0 Å². The van der Waals surface area contributed by atoms with Gasteiger partial charge in [-0.15, -0.1) is 0 Å². The summed E-state index contributed by atoms with van der Waals surface area (Å²) in [4.78, 5) is 3.97. The first-order chi connectivity index (χ1) is 3.81. The van der Waals surface area contributed by atoms with Crippen molar-refractivity contribution >= 4 is 6.21 Å². The molecule has 2 N–H and O–H groups in total. The van der Waals surface area contributed by atoms with Crippen molar-refractivity contribution in [3.63, 3.8) is 0 Å². The van der Waals surface area contributed by atoms with Gasteiger partial charge in [-0.3, -0.25) is 4.99 Å². The first-order valence-corrected chi connectivity index (χ1v) is 3.04. The van der Waals surface area contributed by atoms with Gasteiger partial charge in [-0.1, -0.05) is 13.3 Å². The summed E-state index contributed by atoms with van der Waals surface area (Å²) in [5.41, 5.74) is 5.50. The average Bonchev–Trinajstić information content (AvgIpc) is 1.68. The first kappa shape index (κ1) is 7.63. The van der Waals surface area contributed by atoms with Crippen molar-refractivity contribution in [2.45, 2.75) is 32.9 Å². The normalized spacial score (nSPS) is 14.9. The molecule has 8 heavy (non-hydrogen) atoms. The van der Waals surface area contributed by atoms with Crippen molar-refractivity contribution in [2.24, 2.45) is 10.7 Å². The van der Waals surface area contributed by atoms with Crippen molar-refractivity contribution in [3.8, 4) is 0 Å². The predicted octanol–water partition coefficient (Wildman–Crippen LogP) is 1.16. The molecule has 0 aromatic rings. The number of rotatable bonds is 3. The van der Waals surface area contributed by atoms with Crippen LogP contribution in [-0.2, 0) is 0 Å². The minimum absolute atomic E-state index is 0.0324. The summed E-state index contributed by atoms with van der Waals surface area (Å²) < 4.78 is 0. The van der Waals surface area contributed by atoms with Gasteiger partial charge in [0, 0.05) is 0 Å². The Morgan fingerprint density at radius 1 is 1.75 bits per heavy atom. The average molecular weight is 114 g/mol. The van der Waals surface area contributed by atoms with Crippen LogP contribution in [0.15, 0.2) is 4.99 Å². The molecule has 0 amide bonds. The van der Waals surface area contributed by atoms with E-state index in [2.05, 4.69) is 11.9 Å². The van der Waals surface area contributed by atoms with Crippen LogP contribution in [0, 0.1) is 0 Å². The summed E-state index contributed by atoms with van der Waals surface area (Å²) >= 11 is 0. The molecule has 0 radical (unpaired) electrons. The molecular weight excluding hydrogens is 100 g/mol. The maximum absolute atomic E-state index is 5.50. The Labute approximate surface area is 50.8 Å². The zero-order valence-corrected chi connectivity index (χ0v) is 5.59. The third-order valence-electron chi connectivity index (χ3n) is 0.925. The molecule has 0 aliphatic heterocycles. The Morgan fingerprint density at radius 3 is 2.75 bits per heavy atom. The molecule has 48 valence electrons. The third-order valence-corrected chi connectivity index (χ3v) is 0.925. The Balaban J connectivity index is 3.17. The molecule has 0 bridgehead atoms. The maximum atomic E-state index is 5.50. The van der Waals surface area contributed by atoms with E-state index in [-0.39, 0.29) is 6.17 Å². The monoisotopic (exact) mass is 114 g/mol. The Morgan fingerprint density at radius 2 is 2.38 bits per heavy atom. The summed E-state index contributed by atoms with van der Waals surface area (Å²) in [6.07, 6.45) is 3.88. The Hall–Kier alpha value is -0.370. The smallest absolute Gasteiger partial charge is 0.0965 e. The molecule has 1 unspecified atom stereocenters. The molecule has 0 saturated carbocycles. The number of nitrogens with two attached hydrogens (primary N) is 1. The van der Waals surface area contributed by atoms with Crippen LogP contribution in [0.4, 0.5) is 0 Å². The number of aliphatic imine (C=N–C) groups is 1. The first-order valence-electron chi connectivity index (χ1n) is 3.04. The lowest BCUT2D eigenvalue weighted by Gasteiger charge is -2.00. The van der Waals surface area contributed by atoms with Gasteiger partial charge >= 0.3 is 0 Å². The van der Waals surface area contributed by atoms with Gasteiger partial charge in [-0.25, -0.2) is 0 Å². The van der Waals surface area contributed by atoms with Crippen LogP contribution in [0.3, 0.4) is 0 Å². The van der Waals surface area contributed by atoms with Crippen LogP contribution in [0.5, 0.6) is 0 Å². The quantitative estimate of drug-likeness (QED) is 0.549. The van der Waals surface area contributed by atoms with E-state index in [0.29, 0.717) is 0 Å². The van der Waals surface area contributed by atoms with E-state index >= 15 is 0 Å². The Kier molecular flexibility index (Phi) is 4.56. The molecule has 1 atom stereocenters. The van der Waals surface area contributed by atoms with Crippen LogP contribution in [0.2, 0.25) is 0 Å². The fourth-order valence-corrected chi connectivity index (χ4v) is 0.562. The predicted molar refractivity (Wildman–Crippen MR) is 37.0 cm³/mol. The summed E-state index contributed by atoms with van der Waals surface area (Å²) in [6, 6.07) is 0. The SMILES string of the molecule is C/C=N\C(N)CCC. The zero-order valence-electron chi connectivity index (χ0n) is 5.59. The van der Waals surface area contributed by atoms with E-state index in [1.54, 1.807) is 6.21 Å². The minimum atomic E-state index is 0.0324. The van der Waals surface area contributed by atoms with E-state index in [1.807, 2.05) is 6.92 Å². The second-order valence-electron chi connectivity index (χ2n) is 1.76. The summed E-state index contributed by atoms with van der Waals surface area (Å²) in [5, 5.41) is 0. The molecule has 2 heteroatoms. The van der Waals surface area contributed by atoms with E-state index < -0.39 is 0 Å². The van der Waals surface area contributed by atoms with E-state index in [0.717, 1.165) is 12.8 Å². The molecule has 0 aromatic carbocycles. The second-order valence-corrected chi connectivity index (χ2v) is 1.76. The third kappa shape index (κ3) is 3.81. The highest BCUT2D eigenvalue weighted by atomic mass is 14.9. The Bertz CT molecular complexity index is 68.9. The molecule has 0 aliphatic carbocycles. The fraction of sp³-hybridized carbons (Fsp3) is 0.833. The summed E-state index contributed by atoms with van der Waals surface area (Å²) in [6.45, 7) is 3.99. The highest BCUT2D eigenvalue weighted by Crippen LogP contribution is 1.91. The topological polar surface area (TPSA) is 38.4 Å². The van der Waals surface area contributed by atoms with Crippen molar-refractivity contribution < 1.29 is 0 Å². The van der Waals surface area contributed by atoms with Gasteiger partial charge in [0.2, 0.25) is 0 Å². The molecular formula is C6H14N2. The van der Waals surface area contributed by atoms with E-state index in [1.165, 1.54) is 0 Å². The summed E-state index contributed by atoms with van der Waals surface area (Å²) in [7, 11) is 0. The molecule has 0 fully saturated rings. The van der Waals surface area contributed by atoms with Gasteiger partial charge in [-0.05, 0) is 19.6 Å². The number of hydrogen-bond acceptors (Lipinski definition) is 2. The molecule has 0 aromatic heterocycles. The lowest BCUT2D eigenvalue weighted by atomic mass is 10.3. The van der Waals surface area contributed by atoms with Gasteiger partial charge in [-0.2, -0.15) is 0 Å². The van der Waals surface area contributed by atoms with Crippen molar-refractivity contribution in [2.75, 3.05) is 0 Å². The molecule has 0 heterocycles. The van der Waals surface area contributed by atoms with Crippen LogP contribution in [0.1, 0.15) is 26.7 Å². The molecule has 0 rings (SSSR count). The van der Waals surface area contributed by atoms with Gasteiger partial charge < -0.3 is 5.73 Å². The highest BCUT2D eigenvalue weighted by Gasteiger charge is 1.91. The molecule has 0 spiro atoms. The summed E-state index contributed by atoms with van der Waals surface area (Å²) in [5.74, 6) is 0. The largest absolute Gasteiger partial charge is 0.310 e. The highest BCUT2D eigenvalue weighted by molar-refractivity contribution is 5.53.